The van der Waals surface area contributed by atoms with Gasteiger partial charge in [0.05, 0.1) is 13.2 Å². The lowest BCUT2D eigenvalue weighted by Crippen LogP contribution is -2.35. The number of aromatic nitrogens is 2. The molecule has 1 aromatic rings. The molecule has 1 aliphatic rings. The lowest BCUT2D eigenvalue weighted by molar-refractivity contribution is 0.123. The summed E-state index contributed by atoms with van der Waals surface area (Å²) in [5.74, 6) is 0.0295. The lowest BCUT2D eigenvalue weighted by atomic mass is 10.4. The Hall–Kier alpha value is -0.880. The molecule has 0 amide bonds. The van der Waals surface area contributed by atoms with E-state index in [-0.39, 0.29) is 5.88 Å². The molecular weight excluding hydrogens is 178 g/mol. The molecule has 1 fully saturated rings. The summed E-state index contributed by atoms with van der Waals surface area (Å²) in [4.78, 5) is 2.03. The van der Waals surface area contributed by atoms with Gasteiger partial charge < -0.3 is 14.7 Å². The van der Waals surface area contributed by atoms with E-state index in [0.717, 1.165) is 18.1 Å². The zero-order valence-corrected chi connectivity index (χ0v) is 7.25. The van der Waals surface area contributed by atoms with Crippen molar-refractivity contribution < 1.29 is 9.84 Å². The molecular formula is C6H9N3O2S. The molecule has 0 aliphatic carbocycles. The van der Waals surface area contributed by atoms with Crippen LogP contribution in [0.3, 0.4) is 0 Å². The summed E-state index contributed by atoms with van der Waals surface area (Å²) in [6.45, 7) is 3.02. The van der Waals surface area contributed by atoms with Gasteiger partial charge in [-0.2, -0.15) is 0 Å². The van der Waals surface area contributed by atoms with Crippen LogP contribution in [-0.2, 0) is 4.74 Å². The molecule has 0 unspecified atom stereocenters. The zero-order chi connectivity index (χ0) is 8.39. The van der Waals surface area contributed by atoms with Crippen molar-refractivity contribution >= 4 is 16.5 Å². The first-order valence-electron chi connectivity index (χ1n) is 3.72. The van der Waals surface area contributed by atoms with Gasteiger partial charge in [0.15, 0.2) is 5.00 Å². The second-order valence-electron chi connectivity index (χ2n) is 2.50. The zero-order valence-electron chi connectivity index (χ0n) is 6.43. The Morgan fingerprint density at radius 3 is 2.75 bits per heavy atom. The van der Waals surface area contributed by atoms with Gasteiger partial charge in [-0.05, 0) is 0 Å². The quantitative estimate of drug-likeness (QED) is 0.674. The highest BCUT2D eigenvalue weighted by molar-refractivity contribution is 7.10. The summed E-state index contributed by atoms with van der Waals surface area (Å²) in [5.41, 5.74) is 0. The van der Waals surface area contributed by atoms with Crippen LogP contribution in [0.2, 0.25) is 0 Å². The van der Waals surface area contributed by atoms with Crippen LogP contribution in [0.1, 0.15) is 0 Å². The van der Waals surface area contributed by atoms with E-state index in [1.165, 1.54) is 11.5 Å². The van der Waals surface area contributed by atoms with Gasteiger partial charge in [-0.3, -0.25) is 0 Å². The summed E-state index contributed by atoms with van der Waals surface area (Å²) in [6.07, 6.45) is 0. The maximum Gasteiger partial charge on any atom is 0.268 e. The monoisotopic (exact) mass is 187 g/mol. The van der Waals surface area contributed by atoms with Crippen LogP contribution in [0.4, 0.5) is 5.00 Å². The Labute approximate surface area is 73.7 Å². The summed E-state index contributed by atoms with van der Waals surface area (Å²) >= 11 is 1.22. The Morgan fingerprint density at radius 1 is 1.42 bits per heavy atom. The molecule has 2 rings (SSSR count). The van der Waals surface area contributed by atoms with Gasteiger partial charge in [0, 0.05) is 24.6 Å². The van der Waals surface area contributed by atoms with Crippen LogP contribution < -0.4 is 4.90 Å². The molecule has 2 heterocycles. The molecule has 0 saturated carbocycles. The van der Waals surface area contributed by atoms with Crippen LogP contribution >= 0.6 is 11.5 Å². The standard InChI is InChI=1S/C6H9N3O2S/c10-5-6(12-8-7-5)9-1-3-11-4-2-9/h10H,1-4H2. The molecule has 1 saturated heterocycles. The van der Waals surface area contributed by atoms with Gasteiger partial charge in [0.2, 0.25) is 0 Å². The van der Waals surface area contributed by atoms with Crippen LogP contribution in [0.5, 0.6) is 5.88 Å². The molecule has 0 spiro atoms. The maximum absolute atomic E-state index is 9.26. The molecule has 0 aromatic carbocycles. The van der Waals surface area contributed by atoms with E-state index < -0.39 is 0 Å². The number of nitrogens with zero attached hydrogens (tertiary/aromatic N) is 3. The predicted molar refractivity (Wildman–Crippen MR) is 44.6 cm³/mol. The van der Waals surface area contributed by atoms with Crippen molar-refractivity contribution in [2.24, 2.45) is 0 Å². The fraction of sp³-hybridized carbons (Fsp3) is 0.667. The molecule has 0 bridgehead atoms. The Kier molecular flexibility index (Phi) is 2.09. The number of hydrogen-bond acceptors (Lipinski definition) is 6. The van der Waals surface area contributed by atoms with Crippen molar-refractivity contribution in [3.63, 3.8) is 0 Å². The summed E-state index contributed by atoms with van der Waals surface area (Å²) in [6, 6.07) is 0. The minimum absolute atomic E-state index is 0.0295. The molecule has 6 heteroatoms. The van der Waals surface area contributed by atoms with Crippen LogP contribution in [0.15, 0.2) is 0 Å². The van der Waals surface area contributed by atoms with E-state index in [0.29, 0.717) is 13.2 Å². The van der Waals surface area contributed by atoms with E-state index >= 15 is 0 Å². The molecule has 0 radical (unpaired) electrons. The lowest BCUT2D eigenvalue weighted by Gasteiger charge is -2.26. The first-order chi connectivity index (χ1) is 5.88. The Morgan fingerprint density at radius 2 is 2.17 bits per heavy atom. The van der Waals surface area contributed by atoms with E-state index in [2.05, 4.69) is 9.59 Å². The summed E-state index contributed by atoms with van der Waals surface area (Å²) in [5, 5.41) is 13.5. The third kappa shape index (κ3) is 1.35. The number of morpholine rings is 1. The molecule has 1 aliphatic heterocycles. The van der Waals surface area contributed by atoms with Gasteiger partial charge in [-0.15, -0.1) is 0 Å². The maximum atomic E-state index is 9.26. The Bertz CT molecular complexity index is 259. The first-order valence-corrected chi connectivity index (χ1v) is 4.49. The number of anilines is 1. The van der Waals surface area contributed by atoms with E-state index in [9.17, 15) is 5.11 Å². The van der Waals surface area contributed by atoms with Crippen molar-refractivity contribution in [1.82, 2.24) is 9.59 Å². The van der Waals surface area contributed by atoms with Crippen LogP contribution in [0.25, 0.3) is 0 Å². The summed E-state index contributed by atoms with van der Waals surface area (Å²) < 4.78 is 8.83. The van der Waals surface area contributed by atoms with Crippen molar-refractivity contribution in [3.05, 3.63) is 0 Å². The fourth-order valence-electron chi connectivity index (χ4n) is 1.15. The van der Waals surface area contributed by atoms with Gasteiger partial charge in [0.25, 0.3) is 5.88 Å². The molecule has 1 N–H and O–H groups in total. The minimum Gasteiger partial charge on any atom is -0.490 e. The average Bonchev–Trinajstić information content (AvgIpc) is 2.53. The molecule has 0 atom stereocenters. The average molecular weight is 187 g/mol. The third-order valence-electron chi connectivity index (χ3n) is 1.75. The normalized spacial score (nSPS) is 18.2. The van der Waals surface area contributed by atoms with Gasteiger partial charge in [0.1, 0.15) is 0 Å². The van der Waals surface area contributed by atoms with Crippen LogP contribution in [0, 0.1) is 0 Å². The molecule has 12 heavy (non-hydrogen) atoms. The van der Waals surface area contributed by atoms with E-state index in [4.69, 9.17) is 4.74 Å². The highest BCUT2D eigenvalue weighted by Gasteiger charge is 2.17. The largest absolute Gasteiger partial charge is 0.490 e. The molecule has 66 valence electrons. The van der Waals surface area contributed by atoms with E-state index in [1.54, 1.807) is 0 Å². The van der Waals surface area contributed by atoms with Crippen molar-refractivity contribution in [2.45, 2.75) is 0 Å². The molecule has 5 nitrogen and oxygen atoms in total. The molecule has 1 aromatic heterocycles. The number of hydrogen-bond donors (Lipinski definition) is 1. The second kappa shape index (κ2) is 3.24. The minimum atomic E-state index is 0.0295. The van der Waals surface area contributed by atoms with Crippen LogP contribution in [-0.4, -0.2) is 41.0 Å². The Balaban J connectivity index is 2.13. The summed E-state index contributed by atoms with van der Waals surface area (Å²) in [7, 11) is 0. The fourth-order valence-corrected chi connectivity index (χ4v) is 1.76. The smallest absolute Gasteiger partial charge is 0.268 e. The number of ether oxygens (including phenoxy) is 1. The van der Waals surface area contributed by atoms with Gasteiger partial charge in [-0.1, -0.05) is 9.59 Å². The van der Waals surface area contributed by atoms with E-state index in [1.807, 2.05) is 4.90 Å². The number of aromatic hydroxyl groups is 1. The van der Waals surface area contributed by atoms with Crippen molar-refractivity contribution in [1.29, 1.82) is 0 Å². The van der Waals surface area contributed by atoms with Gasteiger partial charge in [-0.25, -0.2) is 0 Å². The van der Waals surface area contributed by atoms with Crippen molar-refractivity contribution in [2.75, 3.05) is 31.2 Å². The second-order valence-corrected chi connectivity index (χ2v) is 3.23. The third-order valence-corrected chi connectivity index (χ3v) is 2.53. The van der Waals surface area contributed by atoms with Crippen molar-refractivity contribution in [3.8, 4) is 5.88 Å². The highest BCUT2D eigenvalue weighted by Crippen LogP contribution is 2.28. The SMILES string of the molecule is Oc1nnsc1N1CCOCC1. The first kappa shape index (κ1) is 7.75. The topological polar surface area (TPSA) is 58.5 Å². The highest BCUT2D eigenvalue weighted by atomic mass is 32.1. The van der Waals surface area contributed by atoms with Gasteiger partial charge >= 0.3 is 0 Å². The number of rotatable bonds is 1. The predicted octanol–water partition coefficient (Wildman–Crippen LogP) is 0.0803.